The number of aryl methyl sites for hydroxylation is 1. The van der Waals surface area contributed by atoms with Crippen molar-refractivity contribution < 1.29 is 10.2 Å². The number of hydrogen-bond acceptors (Lipinski definition) is 3. The van der Waals surface area contributed by atoms with Gasteiger partial charge < -0.3 is 15.5 Å². The lowest BCUT2D eigenvalue weighted by atomic mass is 10.1. The maximum Gasteiger partial charge on any atom is 0.123 e. The van der Waals surface area contributed by atoms with Crippen LogP contribution in [0.3, 0.4) is 0 Å². The first-order valence-corrected chi connectivity index (χ1v) is 6.64. The first-order valence-electron chi connectivity index (χ1n) is 6.27. The van der Waals surface area contributed by atoms with Crippen molar-refractivity contribution in [2.45, 2.75) is 39.8 Å². The average molecular weight is 272 g/mol. The molecule has 0 aromatic heterocycles. The molecule has 3 nitrogen and oxygen atoms in total. The summed E-state index contributed by atoms with van der Waals surface area (Å²) < 4.78 is 0. The smallest absolute Gasteiger partial charge is 0.123 e. The minimum Gasteiger partial charge on any atom is -0.507 e. The van der Waals surface area contributed by atoms with Crippen molar-refractivity contribution >= 4 is 11.6 Å². The number of nitrogens with one attached hydrogen (secondary N) is 1. The molecule has 0 saturated heterocycles. The fourth-order valence-corrected chi connectivity index (χ4v) is 2.24. The van der Waals surface area contributed by atoms with E-state index in [1.165, 1.54) is 0 Å². The van der Waals surface area contributed by atoms with Gasteiger partial charge in [0.25, 0.3) is 0 Å². The molecule has 102 valence electrons. The molecule has 0 bridgehead atoms. The fraction of sp³-hybridized carbons (Fsp3) is 0.571. The first kappa shape index (κ1) is 15.3. The summed E-state index contributed by atoms with van der Waals surface area (Å²) in [5.41, 5.74) is 1.53. The Hall–Kier alpha value is -0.770. The quantitative estimate of drug-likeness (QED) is 0.746. The lowest BCUT2D eigenvalue weighted by Crippen LogP contribution is -2.27. The van der Waals surface area contributed by atoms with E-state index in [9.17, 15) is 10.2 Å². The van der Waals surface area contributed by atoms with Crippen LogP contribution in [0.4, 0.5) is 0 Å². The molecule has 0 aliphatic heterocycles. The van der Waals surface area contributed by atoms with E-state index in [0.29, 0.717) is 24.0 Å². The van der Waals surface area contributed by atoms with E-state index in [0.717, 1.165) is 17.5 Å². The van der Waals surface area contributed by atoms with Gasteiger partial charge in [0.05, 0.1) is 6.10 Å². The molecule has 18 heavy (non-hydrogen) atoms. The van der Waals surface area contributed by atoms with Gasteiger partial charge in [-0.2, -0.15) is 0 Å². The Kier molecular flexibility index (Phi) is 5.93. The highest BCUT2D eigenvalue weighted by Crippen LogP contribution is 2.26. The molecule has 0 saturated carbocycles. The second kappa shape index (κ2) is 6.98. The molecule has 0 aliphatic rings. The van der Waals surface area contributed by atoms with Crippen LogP contribution in [0, 0.1) is 12.8 Å². The minimum absolute atomic E-state index is 0.269. The zero-order chi connectivity index (χ0) is 13.7. The summed E-state index contributed by atoms with van der Waals surface area (Å²) >= 11 is 5.94. The van der Waals surface area contributed by atoms with E-state index in [-0.39, 0.29) is 11.9 Å². The fourth-order valence-electron chi connectivity index (χ4n) is 1.94. The van der Waals surface area contributed by atoms with Crippen molar-refractivity contribution in [1.29, 1.82) is 0 Å². The highest BCUT2D eigenvalue weighted by Gasteiger charge is 2.09. The third-order valence-electron chi connectivity index (χ3n) is 2.78. The van der Waals surface area contributed by atoms with E-state index in [2.05, 4.69) is 19.2 Å². The van der Waals surface area contributed by atoms with Gasteiger partial charge in [0.15, 0.2) is 0 Å². The van der Waals surface area contributed by atoms with Crippen LogP contribution in [0.1, 0.15) is 31.4 Å². The van der Waals surface area contributed by atoms with E-state index in [4.69, 9.17) is 11.6 Å². The van der Waals surface area contributed by atoms with Crippen LogP contribution < -0.4 is 5.32 Å². The Morgan fingerprint density at radius 1 is 1.33 bits per heavy atom. The van der Waals surface area contributed by atoms with Crippen LogP contribution in [-0.4, -0.2) is 22.9 Å². The molecule has 0 aliphatic carbocycles. The highest BCUT2D eigenvalue weighted by atomic mass is 35.5. The summed E-state index contributed by atoms with van der Waals surface area (Å²) in [6, 6.07) is 3.47. The lowest BCUT2D eigenvalue weighted by Gasteiger charge is -2.15. The Morgan fingerprint density at radius 2 is 2.00 bits per heavy atom. The molecule has 0 heterocycles. The number of phenolic OH excluding ortho intramolecular Hbond substituents is 1. The monoisotopic (exact) mass is 271 g/mol. The van der Waals surface area contributed by atoms with Gasteiger partial charge in [-0.3, -0.25) is 0 Å². The Morgan fingerprint density at radius 3 is 2.61 bits per heavy atom. The molecule has 1 atom stereocenters. The van der Waals surface area contributed by atoms with Crippen molar-refractivity contribution in [2.24, 2.45) is 5.92 Å². The van der Waals surface area contributed by atoms with Crippen LogP contribution in [0.2, 0.25) is 5.02 Å². The van der Waals surface area contributed by atoms with Crippen molar-refractivity contribution in [1.82, 2.24) is 5.32 Å². The van der Waals surface area contributed by atoms with Crippen LogP contribution in [-0.2, 0) is 6.54 Å². The largest absolute Gasteiger partial charge is 0.507 e. The number of phenols is 1. The average Bonchev–Trinajstić information content (AvgIpc) is 2.23. The second-order valence-electron chi connectivity index (χ2n) is 5.14. The zero-order valence-electron chi connectivity index (χ0n) is 11.2. The van der Waals surface area contributed by atoms with Crippen LogP contribution in [0.15, 0.2) is 12.1 Å². The molecule has 3 N–H and O–H groups in total. The van der Waals surface area contributed by atoms with Gasteiger partial charge in [-0.15, -0.1) is 0 Å². The van der Waals surface area contributed by atoms with Gasteiger partial charge in [0.2, 0.25) is 0 Å². The van der Waals surface area contributed by atoms with Gasteiger partial charge >= 0.3 is 0 Å². The third-order valence-corrected chi connectivity index (χ3v) is 3.00. The van der Waals surface area contributed by atoms with Crippen molar-refractivity contribution in [3.05, 3.63) is 28.3 Å². The third kappa shape index (κ3) is 4.84. The highest BCUT2D eigenvalue weighted by molar-refractivity contribution is 6.30. The van der Waals surface area contributed by atoms with E-state index in [1.54, 1.807) is 12.1 Å². The first-order chi connectivity index (χ1) is 8.40. The summed E-state index contributed by atoms with van der Waals surface area (Å²) in [6.07, 6.45) is 0.417. The number of halogens is 1. The van der Waals surface area contributed by atoms with Crippen LogP contribution in [0.5, 0.6) is 5.75 Å². The topological polar surface area (TPSA) is 52.5 Å². The molecule has 1 aromatic rings. The van der Waals surface area contributed by atoms with E-state index in [1.807, 2.05) is 6.92 Å². The normalized spacial score (nSPS) is 13.0. The predicted molar refractivity (Wildman–Crippen MR) is 75.0 cm³/mol. The maximum absolute atomic E-state index is 9.87. The standard InChI is InChI=1S/C14H22ClNO2/c1-9(2)4-13(17)8-16-7-11-6-12(15)5-10(3)14(11)18/h5-6,9,13,16-18H,4,7-8H2,1-3H3. The van der Waals surface area contributed by atoms with Crippen molar-refractivity contribution in [3.63, 3.8) is 0 Å². The Labute approximate surface area is 114 Å². The molecule has 0 radical (unpaired) electrons. The van der Waals surface area contributed by atoms with E-state index < -0.39 is 0 Å². The molecule has 4 heteroatoms. The summed E-state index contributed by atoms with van der Waals surface area (Å²) in [7, 11) is 0. The summed E-state index contributed by atoms with van der Waals surface area (Å²) in [4.78, 5) is 0. The number of hydrogen-bond donors (Lipinski definition) is 3. The number of rotatable bonds is 6. The molecule has 0 amide bonds. The van der Waals surface area contributed by atoms with Crippen LogP contribution in [0.25, 0.3) is 0 Å². The predicted octanol–water partition coefficient (Wildman–Crippen LogP) is 2.85. The number of aromatic hydroxyl groups is 1. The number of aliphatic hydroxyl groups excluding tert-OH is 1. The lowest BCUT2D eigenvalue weighted by molar-refractivity contribution is 0.146. The SMILES string of the molecule is Cc1cc(Cl)cc(CNCC(O)CC(C)C)c1O. The summed E-state index contributed by atoms with van der Waals surface area (Å²) in [5.74, 6) is 0.744. The number of benzene rings is 1. The molecule has 1 unspecified atom stereocenters. The van der Waals surface area contributed by atoms with Gasteiger partial charge in [0.1, 0.15) is 5.75 Å². The van der Waals surface area contributed by atoms with Crippen molar-refractivity contribution in [3.8, 4) is 5.75 Å². The Bertz CT molecular complexity index is 394. The molecular weight excluding hydrogens is 250 g/mol. The second-order valence-corrected chi connectivity index (χ2v) is 5.58. The molecule has 1 rings (SSSR count). The van der Waals surface area contributed by atoms with E-state index >= 15 is 0 Å². The molecule has 0 spiro atoms. The summed E-state index contributed by atoms with van der Waals surface area (Å²) in [5, 5.41) is 23.3. The van der Waals surface area contributed by atoms with Gasteiger partial charge in [0, 0.05) is 23.7 Å². The number of aliphatic hydroxyl groups is 1. The molecular formula is C14H22ClNO2. The van der Waals surface area contributed by atoms with Crippen molar-refractivity contribution in [2.75, 3.05) is 6.54 Å². The molecule has 1 aromatic carbocycles. The summed E-state index contributed by atoms with van der Waals surface area (Å²) in [6.45, 7) is 6.99. The van der Waals surface area contributed by atoms with Gasteiger partial charge in [-0.25, -0.2) is 0 Å². The maximum atomic E-state index is 9.87. The molecule has 0 fully saturated rings. The Balaban J connectivity index is 2.49. The zero-order valence-corrected chi connectivity index (χ0v) is 12.0. The van der Waals surface area contributed by atoms with Gasteiger partial charge in [-0.1, -0.05) is 25.4 Å². The van der Waals surface area contributed by atoms with Crippen LogP contribution >= 0.6 is 11.6 Å². The minimum atomic E-state index is -0.354. The van der Waals surface area contributed by atoms with Gasteiger partial charge in [-0.05, 0) is 37.0 Å².